The first kappa shape index (κ1) is 20.0. The van der Waals surface area contributed by atoms with Gasteiger partial charge in [0.25, 0.3) is 15.9 Å². The van der Waals surface area contributed by atoms with Crippen molar-refractivity contribution in [2.24, 2.45) is 0 Å². The van der Waals surface area contributed by atoms with Crippen LogP contribution in [-0.2, 0) is 14.8 Å². The molecular weight excluding hydrogens is 380 g/mol. The van der Waals surface area contributed by atoms with E-state index in [0.717, 1.165) is 0 Å². The van der Waals surface area contributed by atoms with Gasteiger partial charge in [0.05, 0.1) is 11.5 Å². The van der Waals surface area contributed by atoms with Crippen LogP contribution in [0.3, 0.4) is 0 Å². The highest BCUT2D eigenvalue weighted by atomic mass is 35.5. The number of carbonyl (C=O) groups is 1. The van der Waals surface area contributed by atoms with E-state index < -0.39 is 22.0 Å². The summed E-state index contributed by atoms with van der Waals surface area (Å²) in [5, 5.41) is 0.270. The van der Waals surface area contributed by atoms with Gasteiger partial charge >= 0.3 is 0 Å². The smallest absolute Gasteiger partial charge is 0.275 e. The molecule has 2 rings (SSSR count). The zero-order valence-electron chi connectivity index (χ0n) is 14.2. The lowest BCUT2D eigenvalue weighted by atomic mass is 10.3. The molecule has 9 heteroatoms. The van der Waals surface area contributed by atoms with Crippen LogP contribution in [0.4, 0.5) is 0 Å². The van der Waals surface area contributed by atoms with Crippen LogP contribution in [-0.4, -0.2) is 27.0 Å². The molecule has 0 unspecified atom stereocenters. The first-order valence-electron chi connectivity index (χ1n) is 7.78. The molecule has 7 nitrogen and oxygen atoms in total. The van der Waals surface area contributed by atoms with E-state index in [9.17, 15) is 13.2 Å². The predicted octanol–water partition coefficient (Wildman–Crippen LogP) is 2.52. The number of sulfonamides is 1. The Labute approximate surface area is 157 Å². The zero-order valence-corrected chi connectivity index (χ0v) is 15.8. The van der Waals surface area contributed by atoms with Gasteiger partial charge in [0.15, 0.2) is 6.10 Å². The molecule has 26 heavy (non-hydrogen) atoms. The summed E-state index contributed by atoms with van der Waals surface area (Å²) in [6, 6.07) is 12.4. The van der Waals surface area contributed by atoms with Crippen LogP contribution in [0.15, 0.2) is 53.4 Å². The summed E-state index contributed by atoms with van der Waals surface area (Å²) in [5.74, 6) is 0.490. The van der Waals surface area contributed by atoms with Crippen molar-refractivity contribution >= 4 is 27.5 Å². The number of rotatable bonds is 8. The maximum Gasteiger partial charge on any atom is 0.275 e. The highest BCUT2D eigenvalue weighted by Gasteiger charge is 2.19. The van der Waals surface area contributed by atoms with Crippen molar-refractivity contribution in [2.45, 2.75) is 24.8 Å². The maximum absolute atomic E-state index is 12.1. The molecular formula is C17H19ClN2O5S. The van der Waals surface area contributed by atoms with Gasteiger partial charge in [0.1, 0.15) is 11.5 Å². The maximum atomic E-state index is 12.1. The molecule has 2 aromatic rings. The molecule has 0 radical (unpaired) electrons. The van der Waals surface area contributed by atoms with Crippen LogP contribution in [0.5, 0.6) is 11.5 Å². The second-order valence-electron chi connectivity index (χ2n) is 5.22. The van der Waals surface area contributed by atoms with Crippen LogP contribution >= 0.6 is 11.6 Å². The minimum absolute atomic E-state index is 0.0645. The van der Waals surface area contributed by atoms with Gasteiger partial charge in [0, 0.05) is 5.02 Å². The minimum atomic E-state index is -3.93. The van der Waals surface area contributed by atoms with Gasteiger partial charge in [-0.15, -0.1) is 4.83 Å². The lowest BCUT2D eigenvalue weighted by Crippen LogP contribution is -2.47. The van der Waals surface area contributed by atoms with Gasteiger partial charge in [-0.3, -0.25) is 10.2 Å². The molecule has 0 heterocycles. The molecule has 0 saturated heterocycles. The number of benzene rings is 2. The Kier molecular flexibility index (Phi) is 6.84. The number of halogens is 1. The molecule has 0 aliphatic carbocycles. The van der Waals surface area contributed by atoms with Gasteiger partial charge in [-0.05, 0) is 56.3 Å². The summed E-state index contributed by atoms with van der Waals surface area (Å²) in [6.45, 7) is 3.92. The average Bonchev–Trinajstić information content (AvgIpc) is 2.61. The van der Waals surface area contributed by atoms with Crippen LogP contribution in [0.1, 0.15) is 13.8 Å². The molecule has 0 fully saturated rings. The predicted molar refractivity (Wildman–Crippen MR) is 97.6 cm³/mol. The molecule has 140 valence electrons. The average molecular weight is 399 g/mol. The number of hydrogen-bond donors (Lipinski definition) is 2. The summed E-state index contributed by atoms with van der Waals surface area (Å²) >= 11 is 5.78. The van der Waals surface area contributed by atoms with Crippen molar-refractivity contribution in [1.82, 2.24) is 10.3 Å². The van der Waals surface area contributed by atoms with Gasteiger partial charge in [-0.1, -0.05) is 17.7 Å². The van der Waals surface area contributed by atoms with Gasteiger partial charge < -0.3 is 9.47 Å². The van der Waals surface area contributed by atoms with Crippen molar-refractivity contribution in [2.75, 3.05) is 6.61 Å². The van der Waals surface area contributed by atoms with E-state index >= 15 is 0 Å². The lowest BCUT2D eigenvalue weighted by Gasteiger charge is -2.15. The quantitative estimate of drug-likeness (QED) is 0.666. The highest BCUT2D eigenvalue weighted by molar-refractivity contribution is 7.89. The Morgan fingerprint density at radius 3 is 2.42 bits per heavy atom. The standard InChI is InChI=1S/C17H19ClN2O5S/c1-3-24-14-7-9-15(10-8-14)25-12(2)17(21)19-20-26(22,23)16-6-4-5-13(18)11-16/h4-12,20H,3H2,1-2H3,(H,19,21)/t12-/m0/s1. The third-order valence-corrected chi connectivity index (χ3v) is 4.71. The first-order valence-corrected chi connectivity index (χ1v) is 9.64. The summed E-state index contributed by atoms with van der Waals surface area (Å²) in [7, 11) is -3.93. The zero-order chi connectivity index (χ0) is 19.2. The third-order valence-electron chi connectivity index (χ3n) is 3.23. The lowest BCUT2D eigenvalue weighted by molar-refractivity contribution is -0.127. The number of hydrazine groups is 1. The van der Waals surface area contributed by atoms with E-state index in [1.807, 2.05) is 11.8 Å². The SMILES string of the molecule is CCOc1ccc(O[C@@H](C)C(=O)NNS(=O)(=O)c2cccc(Cl)c2)cc1. The molecule has 0 saturated carbocycles. The Balaban J connectivity index is 1.92. The molecule has 0 spiro atoms. The molecule has 1 atom stereocenters. The van der Waals surface area contributed by atoms with Crippen LogP contribution in [0.25, 0.3) is 0 Å². The fourth-order valence-corrected chi connectivity index (χ4v) is 3.10. The largest absolute Gasteiger partial charge is 0.494 e. The van der Waals surface area contributed by atoms with Gasteiger partial charge in [-0.25, -0.2) is 8.42 Å². The Morgan fingerprint density at radius 1 is 1.15 bits per heavy atom. The van der Waals surface area contributed by atoms with Gasteiger partial charge in [-0.2, -0.15) is 0 Å². The van der Waals surface area contributed by atoms with Crippen molar-refractivity contribution in [3.8, 4) is 11.5 Å². The van der Waals surface area contributed by atoms with E-state index in [2.05, 4.69) is 5.43 Å². The second kappa shape index (κ2) is 8.88. The van der Waals surface area contributed by atoms with Crippen molar-refractivity contribution < 1.29 is 22.7 Å². The van der Waals surface area contributed by atoms with E-state index in [0.29, 0.717) is 18.1 Å². The Morgan fingerprint density at radius 2 is 1.81 bits per heavy atom. The fraction of sp³-hybridized carbons (Fsp3) is 0.235. The number of carbonyl (C=O) groups excluding carboxylic acids is 1. The molecule has 2 N–H and O–H groups in total. The molecule has 2 aromatic carbocycles. The molecule has 0 aliphatic rings. The van der Waals surface area contributed by atoms with E-state index in [-0.39, 0.29) is 9.92 Å². The third kappa shape index (κ3) is 5.62. The summed E-state index contributed by atoms with van der Waals surface area (Å²) in [5.41, 5.74) is 2.12. The monoisotopic (exact) mass is 398 g/mol. The van der Waals surface area contributed by atoms with Crippen LogP contribution in [0, 0.1) is 0 Å². The molecule has 1 amide bonds. The summed E-state index contributed by atoms with van der Waals surface area (Å²) < 4.78 is 35.1. The molecule has 0 aliphatic heterocycles. The molecule has 0 bridgehead atoms. The van der Waals surface area contributed by atoms with E-state index in [1.165, 1.54) is 25.1 Å². The Bertz CT molecular complexity index is 856. The van der Waals surface area contributed by atoms with Gasteiger partial charge in [0.2, 0.25) is 0 Å². The van der Waals surface area contributed by atoms with Crippen molar-refractivity contribution in [3.63, 3.8) is 0 Å². The first-order chi connectivity index (χ1) is 12.3. The van der Waals surface area contributed by atoms with E-state index in [1.54, 1.807) is 30.3 Å². The van der Waals surface area contributed by atoms with Crippen molar-refractivity contribution in [3.05, 3.63) is 53.6 Å². The minimum Gasteiger partial charge on any atom is -0.494 e. The summed E-state index contributed by atoms with van der Waals surface area (Å²) in [6.07, 6.45) is -0.921. The summed E-state index contributed by atoms with van der Waals surface area (Å²) in [4.78, 5) is 14.0. The topological polar surface area (TPSA) is 93.7 Å². The molecule has 0 aromatic heterocycles. The van der Waals surface area contributed by atoms with Crippen molar-refractivity contribution in [1.29, 1.82) is 0 Å². The number of ether oxygens (including phenoxy) is 2. The number of hydrogen-bond acceptors (Lipinski definition) is 5. The van der Waals surface area contributed by atoms with Crippen LogP contribution in [0.2, 0.25) is 5.02 Å². The van der Waals surface area contributed by atoms with E-state index in [4.69, 9.17) is 21.1 Å². The number of amides is 1. The highest BCUT2D eigenvalue weighted by Crippen LogP contribution is 2.19. The van der Waals surface area contributed by atoms with Crippen LogP contribution < -0.4 is 19.7 Å². The normalized spacial score (nSPS) is 12.3. The Hall–Kier alpha value is -2.29. The second-order valence-corrected chi connectivity index (χ2v) is 7.34. The fourth-order valence-electron chi connectivity index (χ4n) is 1.95. The number of nitrogens with one attached hydrogen (secondary N) is 2.